The Kier molecular flexibility index (Phi) is 4.79. The van der Waals surface area contributed by atoms with Crippen LogP contribution in [0.1, 0.15) is 5.56 Å². The molecule has 4 nitrogen and oxygen atoms in total. The van der Waals surface area contributed by atoms with Crippen LogP contribution in [0.25, 0.3) is 0 Å². The number of aryl methyl sites for hydroxylation is 1. The Morgan fingerprint density at radius 1 is 1.19 bits per heavy atom. The third-order valence-corrected chi connectivity index (χ3v) is 2.15. The number of amides is 2. The molecule has 0 fully saturated rings. The second kappa shape index (κ2) is 6.12. The van der Waals surface area contributed by atoms with Gasteiger partial charge in [0.25, 0.3) is 0 Å². The Labute approximate surface area is 99.0 Å². The van der Waals surface area contributed by atoms with E-state index in [0.29, 0.717) is 5.69 Å². The van der Waals surface area contributed by atoms with E-state index >= 15 is 0 Å². The number of alkyl halides is 1. The van der Waals surface area contributed by atoms with Crippen molar-refractivity contribution < 1.29 is 9.59 Å². The van der Waals surface area contributed by atoms with E-state index in [9.17, 15) is 9.59 Å². The van der Waals surface area contributed by atoms with Crippen LogP contribution in [-0.2, 0) is 9.59 Å². The zero-order chi connectivity index (χ0) is 12.0. The first-order chi connectivity index (χ1) is 7.61. The summed E-state index contributed by atoms with van der Waals surface area (Å²) in [6, 6.07) is 7.40. The van der Waals surface area contributed by atoms with Crippen LogP contribution >= 0.6 is 11.6 Å². The fourth-order valence-electron chi connectivity index (χ4n) is 1.07. The van der Waals surface area contributed by atoms with Crippen LogP contribution in [0.15, 0.2) is 24.3 Å². The van der Waals surface area contributed by atoms with Crippen LogP contribution in [0.2, 0.25) is 0 Å². The van der Waals surface area contributed by atoms with Gasteiger partial charge in [0, 0.05) is 5.69 Å². The molecule has 0 saturated heterocycles. The molecule has 2 amide bonds. The van der Waals surface area contributed by atoms with Crippen LogP contribution in [0, 0.1) is 6.92 Å². The second-order valence-corrected chi connectivity index (χ2v) is 3.59. The van der Waals surface area contributed by atoms with Crippen molar-refractivity contribution in [3.05, 3.63) is 29.8 Å². The number of halogens is 1. The van der Waals surface area contributed by atoms with Crippen molar-refractivity contribution in [1.29, 1.82) is 0 Å². The smallest absolute Gasteiger partial charge is 0.243 e. The zero-order valence-corrected chi connectivity index (χ0v) is 9.67. The van der Waals surface area contributed by atoms with Crippen LogP contribution < -0.4 is 10.6 Å². The molecule has 0 saturated carbocycles. The zero-order valence-electron chi connectivity index (χ0n) is 8.92. The molecule has 0 bridgehead atoms. The molecule has 1 rings (SSSR count). The largest absolute Gasteiger partial charge is 0.346 e. The molecule has 0 aliphatic rings. The summed E-state index contributed by atoms with van der Waals surface area (Å²) in [4.78, 5) is 22.1. The Morgan fingerprint density at radius 2 is 1.81 bits per heavy atom. The van der Waals surface area contributed by atoms with Gasteiger partial charge >= 0.3 is 0 Å². The van der Waals surface area contributed by atoms with Gasteiger partial charge in [0.2, 0.25) is 11.8 Å². The Balaban J connectivity index is 2.40. The highest BCUT2D eigenvalue weighted by Gasteiger charge is 2.04. The summed E-state index contributed by atoms with van der Waals surface area (Å²) in [5.74, 6) is -0.777. The predicted octanol–water partition coefficient (Wildman–Crippen LogP) is 1.29. The highest BCUT2D eigenvalue weighted by Crippen LogP contribution is 2.07. The van der Waals surface area contributed by atoms with E-state index < -0.39 is 0 Å². The summed E-state index contributed by atoms with van der Waals surface area (Å²) >= 11 is 5.27. The van der Waals surface area contributed by atoms with Crippen molar-refractivity contribution in [2.24, 2.45) is 0 Å². The van der Waals surface area contributed by atoms with Gasteiger partial charge in [-0.05, 0) is 19.1 Å². The first-order valence-electron chi connectivity index (χ1n) is 4.81. The van der Waals surface area contributed by atoms with Crippen molar-refractivity contribution in [3.63, 3.8) is 0 Å². The molecular formula is C11H13ClN2O2. The lowest BCUT2D eigenvalue weighted by atomic mass is 10.2. The molecule has 5 heteroatoms. The van der Waals surface area contributed by atoms with E-state index in [-0.39, 0.29) is 24.2 Å². The maximum absolute atomic E-state index is 11.3. The summed E-state index contributed by atoms with van der Waals surface area (Å²) in [7, 11) is 0. The first-order valence-corrected chi connectivity index (χ1v) is 5.34. The van der Waals surface area contributed by atoms with Gasteiger partial charge in [0.05, 0.1) is 6.54 Å². The van der Waals surface area contributed by atoms with Gasteiger partial charge in [-0.2, -0.15) is 0 Å². The molecule has 1 aromatic carbocycles. The van der Waals surface area contributed by atoms with Gasteiger partial charge < -0.3 is 10.6 Å². The minimum absolute atomic E-state index is 0.0700. The van der Waals surface area contributed by atoms with E-state index in [4.69, 9.17) is 11.6 Å². The average molecular weight is 241 g/mol. The lowest BCUT2D eigenvalue weighted by Gasteiger charge is -2.06. The molecule has 0 atom stereocenters. The van der Waals surface area contributed by atoms with Crippen LogP contribution in [-0.4, -0.2) is 24.2 Å². The molecule has 0 aliphatic heterocycles. The second-order valence-electron chi connectivity index (χ2n) is 3.32. The molecule has 1 aromatic rings. The van der Waals surface area contributed by atoms with Crippen molar-refractivity contribution in [2.75, 3.05) is 17.7 Å². The third kappa shape index (κ3) is 4.31. The number of nitrogens with one attached hydrogen (secondary N) is 2. The molecule has 2 N–H and O–H groups in total. The average Bonchev–Trinajstić information content (AvgIpc) is 2.29. The van der Waals surface area contributed by atoms with E-state index in [1.807, 2.05) is 19.1 Å². The molecule has 0 heterocycles. The number of rotatable bonds is 4. The lowest BCUT2D eigenvalue weighted by Crippen LogP contribution is -2.33. The summed E-state index contributed by atoms with van der Waals surface area (Å²) in [6.07, 6.45) is 0. The molecule has 0 radical (unpaired) electrons. The number of benzene rings is 1. The maximum Gasteiger partial charge on any atom is 0.243 e. The first kappa shape index (κ1) is 12.5. The van der Waals surface area contributed by atoms with E-state index in [2.05, 4.69) is 10.6 Å². The molecule has 0 aliphatic carbocycles. The lowest BCUT2D eigenvalue weighted by molar-refractivity contribution is -0.122. The number of hydrogen-bond acceptors (Lipinski definition) is 2. The quantitative estimate of drug-likeness (QED) is 0.780. The summed E-state index contributed by atoms with van der Waals surface area (Å²) < 4.78 is 0. The van der Waals surface area contributed by atoms with Gasteiger partial charge in [0.1, 0.15) is 5.88 Å². The summed E-state index contributed by atoms with van der Waals surface area (Å²) in [6.45, 7) is 1.89. The van der Waals surface area contributed by atoms with Gasteiger partial charge in [-0.25, -0.2) is 0 Å². The van der Waals surface area contributed by atoms with Gasteiger partial charge in [-0.15, -0.1) is 11.6 Å². The predicted molar refractivity (Wildman–Crippen MR) is 63.5 cm³/mol. The molecule has 0 spiro atoms. The molecule has 86 valence electrons. The Hall–Kier alpha value is -1.55. The molecular weight excluding hydrogens is 228 g/mol. The number of anilines is 1. The highest BCUT2D eigenvalue weighted by atomic mass is 35.5. The minimum atomic E-state index is -0.360. The fraction of sp³-hybridized carbons (Fsp3) is 0.273. The topological polar surface area (TPSA) is 58.2 Å². The standard InChI is InChI=1S/C11H13ClN2O2/c1-8-2-4-9(5-3-8)14-11(16)7-13-10(15)6-12/h2-5H,6-7H2,1H3,(H,13,15)(H,14,16). The van der Waals surface area contributed by atoms with Crippen molar-refractivity contribution in [1.82, 2.24) is 5.32 Å². The van der Waals surface area contributed by atoms with Crippen molar-refractivity contribution in [2.45, 2.75) is 6.92 Å². The number of carbonyl (C=O) groups is 2. The van der Waals surface area contributed by atoms with E-state index in [1.54, 1.807) is 12.1 Å². The molecule has 16 heavy (non-hydrogen) atoms. The normalized spacial score (nSPS) is 9.62. The highest BCUT2D eigenvalue weighted by molar-refractivity contribution is 6.27. The SMILES string of the molecule is Cc1ccc(NC(=O)CNC(=O)CCl)cc1. The van der Waals surface area contributed by atoms with E-state index in [0.717, 1.165) is 5.56 Å². The third-order valence-electron chi connectivity index (χ3n) is 1.90. The molecule has 0 unspecified atom stereocenters. The maximum atomic E-state index is 11.3. The van der Waals surface area contributed by atoms with Crippen LogP contribution in [0.3, 0.4) is 0 Å². The van der Waals surface area contributed by atoms with E-state index in [1.165, 1.54) is 0 Å². The van der Waals surface area contributed by atoms with Crippen LogP contribution in [0.5, 0.6) is 0 Å². The monoisotopic (exact) mass is 240 g/mol. The number of hydrogen-bond donors (Lipinski definition) is 2. The Bertz CT molecular complexity index is 376. The van der Waals surface area contributed by atoms with Crippen molar-refractivity contribution >= 4 is 29.1 Å². The van der Waals surface area contributed by atoms with Gasteiger partial charge in [-0.3, -0.25) is 9.59 Å². The Morgan fingerprint density at radius 3 is 2.38 bits per heavy atom. The minimum Gasteiger partial charge on any atom is -0.346 e. The summed E-state index contributed by atoms with van der Waals surface area (Å²) in [5, 5.41) is 5.03. The van der Waals surface area contributed by atoms with Gasteiger partial charge in [0.15, 0.2) is 0 Å². The molecule has 0 aromatic heterocycles. The number of carbonyl (C=O) groups excluding carboxylic acids is 2. The fourth-order valence-corrected chi connectivity index (χ4v) is 1.16. The summed E-state index contributed by atoms with van der Waals surface area (Å²) in [5.41, 5.74) is 1.82. The van der Waals surface area contributed by atoms with Gasteiger partial charge in [-0.1, -0.05) is 17.7 Å². The van der Waals surface area contributed by atoms with Crippen LogP contribution in [0.4, 0.5) is 5.69 Å². The van der Waals surface area contributed by atoms with Crippen molar-refractivity contribution in [3.8, 4) is 0 Å².